The maximum atomic E-state index is 11.0. The first kappa shape index (κ1) is 14.4. The zero-order valence-corrected chi connectivity index (χ0v) is 10.4. The van der Waals surface area contributed by atoms with Crippen molar-refractivity contribution in [1.82, 2.24) is 0 Å². The third kappa shape index (κ3) is 3.42. The van der Waals surface area contributed by atoms with Gasteiger partial charge in [-0.15, -0.1) is 0 Å². The predicted molar refractivity (Wildman–Crippen MR) is 68.2 cm³/mol. The van der Waals surface area contributed by atoms with Crippen LogP contribution in [0.4, 0.5) is 11.4 Å². The summed E-state index contributed by atoms with van der Waals surface area (Å²) in [6.07, 6.45) is 0.211. The number of aromatic carboxylic acids is 1. The van der Waals surface area contributed by atoms with Crippen molar-refractivity contribution >= 4 is 17.3 Å². The molecule has 0 aliphatic rings. The lowest BCUT2D eigenvalue weighted by Gasteiger charge is -2.21. The summed E-state index contributed by atoms with van der Waals surface area (Å²) < 4.78 is 0. The van der Waals surface area contributed by atoms with Crippen LogP contribution in [-0.4, -0.2) is 29.1 Å². The van der Waals surface area contributed by atoms with Crippen molar-refractivity contribution in [2.75, 3.05) is 18.0 Å². The van der Waals surface area contributed by atoms with Crippen molar-refractivity contribution in [3.05, 3.63) is 33.9 Å². The van der Waals surface area contributed by atoms with Gasteiger partial charge in [0, 0.05) is 19.2 Å². The molecule has 1 aromatic carbocycles. The second-order valence-corrected chi connectivity index (χ2v) is 3.75. The van der Waals surface area contributed by atoms with Gasteiger partial charge in [0.25, 0.3) is 5.69 Å². The average Bonchev–Trinajstić information content (AvgIpc) is 2.39. The van der Waals surface area contributed by atoms with E-state index < -0.39 is 10.9 Å². The number of nitro groups is 1. The molecule has 0 radical (unpaired) electrons. The molecule has 0 fully saturated rings. The van der Waals surface area contributed by atoms with Gasteiger partial charge in [-0.05, 0) is 19.1 Å². The van der Waals surface area contributed by atoms with Crippen LogP contribution >= 0.6 is 0 Å². The summed E-state index contributed by atoms with van der Waals surface area (Å²) in [4.78, 5) is 22.9. The third-order valence-electron chi connectivity index (χ3n) is 2.63. The van der Waals surface area contributed by atoms with E-state index in [2.05, 4.69) is 0 Å². The molecule has 7 heteroatoms. The highest BCUT2D eigenvalue weighted by molar-refractivity contribution is 5.90. The molecule has 7 nitrogen and oxygen atoms in total. The molecule has 0 bridgehead atoms. The molecule has 1 aromatic rings. The first-order chi connectivity index (χ1) is 9.01. The molecule has 100 valence electrons. The molecule has 0 heterocycles. The monoisotopic (exact) mass is 263 g/mol. The van der Waals surface area contributed by atoms with Crippen LogP contribution in [0.2, 0.25) is 0 Å². The minimum absolute atomic E-state index is 0.0176. The molecular weight excluding hydrogens is 250 g/mol. The van der Waals surface area contributed by atoms with Gasteiger partial charge in [0.05, 0.1) is 23.0 Å². The Hall–Kier alpha value is -2.62. The van der Waals surface area contributed by atoms with Gasteiger partial charge in [0.1, 0.15) is 5.69 Å². The number of carbonyl (C=O) groups is 1. The first-order valence-electron chi connectivity index (χ1n) is 5.64. The van der Waals surface area contributed by atoms with E-state index in [4.69, 9.17) is 10.4 Å². The maximum absolute atomic E-state index is 11.0. The Labute approximate surface area is 109 Å². The summed E-state index contributed by atoms with van der Waals surface area (Å²) in [5.74, 6) is -1.15. The highest BCUT2D eigenvalue weighted by atomic mass is 16.6. The van der Waals surface area contributed by atoms with Crippen molar-refractivity contribution in [2.45, 2.75) is 13.3 Å². The van der Waals surface area contributed by atoms with Crippen LogP contribution in [-0.2, 0) is 0 Å². The highest BCUT2D eigenvalue weighted by Gasteiger charge is 2.20. The lowest BCUT2D eigenvalue weighted by Crippen LogP contribution is -2.24. The van der Waals surface area contributed by atoms with Gasteiger partial charge in [0.2, 0.25) is 0 Å². The fourth-order valence-corrected chi connectivity index (χ4v) is 1.70. The van der Waals surface area contributed by atoms with Crippen molar-refractivity contribution in [1.29, 1.82) is 5.26 Å². The molecule has 0 amide bonds. The smallest absolute Gasteiger partial charge is 0.335 e. The summed E-state index contributed by atoms with van der Waals surface area (Å²) in [6.45, 7) is 2.55. The molecule has 0 saturated carbocycles. The molecule has 0 saturated heterocycles. The molecule has 0 spiro atoms. The quantitative estimate of drug-likeness (QED) is 0.621. The second kappa shape index (κ2) is 6.35. The SMILES string of the molecule is CCN(CCC#N)c1cc(C(=O)O)ccc1[N+](=O)[O-]. The third-order valence-corrected chi connectivity index (χ3v) is 2.63. The Kier molecular flexibility index (Phi) is 4.83. The normalized spacial score (nSPS) is 9.68. The first-order valence-corrected chi connectivity index (χ1v) is 5.64. The number of nitrogens with zero attached hydrogens (tertiary/aromatic N) is 3. The molecule has 1 N–H and O–H groups in total. The number of carboxylic acid groups (broad SMARTS) is 1. The zero-order valence-electron chi connectivity index (χ0n) is 10.4. The fraction of sp³-hybridized carbons (Fsp3) is 0.333. The van der Waals surface area contributed by atoms with Crippen molar-refractivity contribution < 1.29 is 14.8 Å². The number of nitro benzene ring substituents is 1. The number of hydrogen-bond acceptors (Lipinski definition) is 5. The van der Waals surface area contributed by atoms with E-state index in [0.717, 1.165) is 0 Å². The van der Waals surface area contributed by atoms with Crippen molar-refractivity contribution in [3.8, 4) is 6.07 Å². The van der Waals surface area contributed by atoms with Crippen molar-refractivity contribution in [3.63, 3.8) is 0 Å². The molecule has 0 aliphatic carbocycles. The van der Waals surface area contributed by atoms with Crippen LogP contribution in [0.5, 0.6) is 0 Å². The lowest BCUT2D eigenvalue weighted by atomic mass is 10.1. The molecule has 0 unspecified atom stereocenters. The molecule has 19 heavy (non-hydrogen) atoms. The van der Waals surface area contributed by atoms with Gasteiger partial charge >= 0.3 is 5.97 Å². The summed E-state index contributed by atoms with van der Waals surface area (Å²) >= 11 is 0. The van der Waals surface area contributed by atoms with Crippen molar-refractivity contribution in [2.24, 2.45) is 0 Å². The Balaban J connectivity index is 3.26. The molecular formula is C12H13N3O4. The lowest BCUT2D eigenvalue weighted by molar-refractivity contribution is -0.384. The van der Waals surface area contributed by atoms with Gasteiger partial charge < -0.3 is 10.0 Å². The summed E-state index contributed by atoms with van der Waals surface area (Å²) in [5.41, 5.74) is 0.0449. The van der Waals surface area contributed by atoms with Gasteiger partial charge in [0.15, 0.2) is 0 Å². The molecule has 0 aromatic heterocycles. The topological polar surface area (TPSA) is 107 Å². The number of benzene rings is 1. The van der Waals surface area contributed by atoms with Crippen LogP contribution in [0.1, 0.15) is 23.7 Å². The Morgan fingerprint density at radius 3 is 2.74 bits per heavy atom. The Morgan fingerprint density at radius 1 is 1.58 bits per heavy atom. The van der Waals surface area contributed by atoms with E-state index in [1.807, 2.05) is 6.07 Å². The second-order valence-electron chi connectivity index (χ2n) is 3.75. The van der Waals surface area contributed by atoms with Crippen LogP contribution in [0, 0.1) is 21.4 Å². The summed E-state index contributed by atoms with van der Waals surface area (Å²) in [6, 6.07) is 5.60. The van der Waals surface area contributed by atoms with Gasteiger partial charge in [-0.25, -0.2) is 4.79 Å². The highest BCUT2D eigenvalue weighted by Crippen LogP contribution is 2.29. The Morgan fingerprint density at radius 2 is 2.26 bits per heavy atom. The van der Waals surface area contributed by atoms with Crippen LogP contribution in [0.3, 0.4) is 0 Å². The molecule has 1 rings (SSSR count). The number of anilines is 1. The number of rotatable bonds is 6. The van der Waals surface area contributed by atoms with Gasteiger partial charge in [-0.3, -0.25) is 10.1 Å². The van der Waals surface area contributed by atoms with Crippen LogP contribution in [0.25, 0.3) is 0 Å². The Bertz CT molecular complexity index is 536. The number of hydrogen-bond donors (Lipinski definition) is 1. The van der Waals surface area contributed by atoms with E-state index in [1.54, 1.807) is 11.8 Å². The van der Waals surface area contributed by atoms with E-state index in [1.165, 1.54) is 18.2 Å². The minimum Gasteiger partial charge on any atom is -0.478 e. The molecule has 0 aliphatic heterocycles. The standard InChI is InChI=1S/C12H13N3O4/c1-2-14(7-3-6-13)11-8-9(12(16)17)4-5-10(11)15(18)19/h4-5,8H,2-3,7H2,1H3,(H,16,17). The minimum atomic E-state index is -1.15. The number of nitriles is 1. The van der Waals surface area contributed by atoms with Crippen LogP contribution in [0.15, 0.2) is 18.2 Å². The van der Waals surface area contributed by atoms with E-state index in [9.17, 15) is 14.9 Å². The fourth-order valence-electron chi connectivity index (χ4n) is 1.70. The maximum Gasteiger partial charge on any atom is 0.335 e. The molecule has 0 atom stereocenters. The van der Waals surface area contributed by atoms with Gasteiger partial charge in [-0.1, -0.05) is 0 Å². The van der Waals surface area contributed by atoms with E-state index in [-0.39, 0.29) is 23.4 Å². The van der Waals surface area contributed by atoms with E-state index >= 15 is 0 Å². The summed E-state index contributed by atoms with van der Waals surface area (Å²) in [7, 11) is 0. The predicted octanol–water partition coefficient (Wildman–Crippen LogP) is 2.03. The zero-order chi connectivity index (χ0) is 14.4. The summed E-state index contributed by atoms with van der Waals surface area (Å²) in [5, 5.41) is 28.5. The largest absolute Gasteiger partial charge is 0.478 e. The van der Waals surface area contributed by atoms with E-state index in [0.29, 0.717) is 13.1 Å². The van der Waals surface area contributed by atoms with Crippen LogP contribution < -0.4 is 4.90 Å². The van der Waals surface area contributed by atoms with Gasteiger partial charge in [-0.2, -0.15) is 5.26 Å². The number of carboxylic acids is 1. The average molecular weight is 263 g/mol.